The van der Waals surface area contributed by atoms with Crippen LogP contribution in [-0.2, 0) is 0 Å². The highest BCUT2D eigenvalue weighted by molar-refractivity contribution is 9.10. The summed E-state index contributed by atoms with van der Waals surface area (Å²) in [5, 5.41) is 0. The summed E-state index contributed by atoms with van der Waals surface area (Å²) in [4.78, 5) is 13.2. The summed E-state index contributed by atoms with van der Waals surface area (Å²) < 4.78 is 14.3. The van der Waals surface area contributed by atoms with Gasteiger partial charge in [0.05, 0.1) is 5.56 Å². The number of hydrogen-bond acceptors (Lipinski definition) is 2. The van der Waals surface area contributed by atoms with E-state index in [0.717, 1.165) is 4.90 Å². The van der Waals surface area contributed by atoms with Gasteiger partial charge in [-0.25, -0.2) is 4.39 Å². The van der Waals surface area contributed by atoms with E-state index >= 15 is 0 Å². The minimum absolute atomic E-state index is 0.0845. The predicted molar refractivity (Wildman–Crippen MR) is 75.8 cm³/mol. The zero-order valence-electron chi connectivity index (χ0n) is 9.61. The van der Waals surface area contributed by atoms with Crippen LogP contribution >= 0.6 is 27.7 Å². The number of halogens is 2. The standard InChI is InChI=1S/C14H10BrFOS/c1-18-11-5-2-9(3-6-11)14(17)12-8-10(15)4-7-13(12)16/h2-8H,1H3. The molecule has 0 aromatic heterocycles. The molecular weight excluding hydrogens is 315 g/mol. The van der Waals surface area contributed by atoms with Gasteiger partial charge in [-0.05, 0) is 48.7 Å². The largest absolute Gasteiger partial charge is 0.288 e. The second-order valence-electron chi connectivity index (χ2n) is 3.68. The average molecular weight is 325 g/mol. The molecule has 92 valence electrons. The summed E-state index contributed by atoms with van der Waals surface area (Å²) in [6.45, 7) is 0. The molecule has 0 N–H and O–H groups in total. The van der Waals surface area contributed by atoms with Crippen LogP contribution in [0.3, 0.4) is 0 Å². The molecule has 1 nitrogen and oxygen atoms in total. The Labute approximate surface area is 118 Å². The molecule has 0 amide bonds. The van der Waals surface area contributed by atoms with Crippen LogP contribution in [0.1, 0.15) is 15.9 Å². The Kier molecular flexibility index (Phi) is 4.19. The lowest BCUT2D eigenvalue weighted by molar-refractivity contribution is 0.103. The molecule has 0 unspecified atom stereocenters. The highest BCUT2D eigenvalue weighted by Gasteiger charge is 2.14. The molecule has 0 saturated carbocycles. The minimum Gasteiger partial charge on any atom is -0.288 e. The number of carbonyl (C=O) groups excluding carboxylic acids is 1. The van der Waals surface area contributed by atoms with E-state index in [1.54, 1.807) is 30.0 Å². The van der Waals surface area contributed by atoms with Gasteiger partial charge in [-0.3, -0.25) is 4.79 Å². The molecular formula is C14H10BrFOS. The van der Waals surface area contributed by atoms with Gasteiger partial charge in [0.2, 0.25) is 0 Å². The van der Waals surface area contributed by atoms with Crippen LogP contribution in [0.4, 0.5) is 4.39 Å². The third-order valence-electron chi connectivity index (χ3n) is 2.53. The first kappa shape index (κ1) is 13.3. The van der Waals surface area contributed by atoms with Crippen molar-refractivity contribution in [3.8, 4) is 0 Å². The first-order valence-corrected chi connectivity index (χ1v) is 7.27. The third-order valence-corrected chi connectivity index (χ3v) is 3.76. The Bertz CT molecular complexity index is 581. The maximum Gasteiger partial charge on any atom is 0.196 e. The van der Waals surface area contributed by atoms with Crippen molar-refractivity contribution < 1.29 is 9.18 Å². The zero-order chi connectivity index (χ0) is 13.1. The summed E-state index contributed by atoms with van der Waals surface area (Å²) in [5.74, 6) is -0.807. The SMILES string of the molecule is CSc1ccc(C(=O)c2cc(Br)ccc2F)cc1. The van der Waals surface area contributed by atoms with Crippen molar-refractivity contribution >= 4 is 33.5 Å². The normalized spacial score (nSPS) is 10.4. The summed E-state index contributed by atoms with van der Waals surface area (Å²) in [7, 11) is 0. The molecule has 0 atom stereocenters. The Morgan fingerprint density at radius 3 is 2.44 bits per heavy atom. The molecule has 0 aliphatic carbocycles. The fraction of sp³-hybridized carbons (Fsp3) is 0.0714. The molecule has 0 fully saturated rings. The molecule has 0 saturated heterocycles. The van der Waals surface area contributed by atoms with Crippen LogP contribution in [0.2, 0.25) is 0 Å². The number of ketones is 1. The van der Waals surface area contributed by atoms with Gasteiger partial charge in [0.1, 0.15) is 5.82 Å². The number of benzene rings is 2. The van der Waals surface area contributed by atoms with Crippen molar-refractivity contribution in [3.05, 3.63) is 63.9 Å². The van der Waals surface area contributed by atoms with Crippen molar-refractivity contribution in [2.75, 3.05) is 6.26 Å². The molecule has 18 heavy (non-hydrogen) atoms. The highest BCUT2D eigenvalue weighted by atomic mass is 79.9. The molecule has 4 heteroatoms. The van der Waals surface area contributed by atoms with Gasteiger partial charge in [0, 0.05) is 14.9 Å². The Balaban J connectivity index is 2.38. The summed E-state index contributed by atoms with van der Waals surface area (Å²) in [6, 6.07) is 11.5. The summed E-state index contributed by atoms with van der Waals surface area (Å²) in [6.07, 6.45) is 1.96. The Hall–Kier alpha value is -1.13. The maximum atomic E-state index is 13.6. The van der Waals surface area contributed by atoms with Crippen LogP contribution in [-0.4, -0.2) is 12.0 Å². The molecule has 0 spiro atoms. The van der Waals surface area contributed by atoms with Crippen molar-refractivity contribution in [1.29, 1.82) is 0 Å². The van der Waals surface area contributed by atoms with Crippen molar-refractivity contribution in [2.45, 2.75) is 4.90 Å². The number of thioether (sulfide) groups is 1. The molecule has 0 radical (unpaired) electrons. The van der Waals surface area contributed by atoms with Crippen molar-refractivity contribution in [1.82, 2.24) is 0 Å². The molecule has 2 aromatic rings. The molecule has 2 rings (SSSR count). The van der Waals surface area contributed by atoms with E-state index in [2.05, 4.69) is 15.9 Å². The molecule has 0 aliphatic rings. The number of hydrogen-bond donors (Lipinski definition) is 0. The lowest BCUT2D eigenvalue weighted by Crippen LogP contribution is -2.04. The van der Waals surface area contributed by atoms with Gasteiger partial charge < -0.3 is 0 Å². The predicted octanol–water partition coefficient (Wildman–Crippen LogP) is 4.54. The second kappa shape index (κ2) is 5.67. The number of rotatable bonds is 3. The number of carbonyl (C=O) groups is 1. The summed E-state index contributed by atoms with van der Waals surface area (Å²) >= 11 is 4.84. The lowest BCUT2D eigenvalue weighted by atomic mass is 10.0. The van der Waals surface area contributed by atoms with Gasteiger partial charge in [0.15, 0.2) is 5.78 Å². The fourth-order valence-electron chi connectivity index (χ4n) is 1.57. The first-order valence-electron chi connectivity index (χ1n) is 5.25. The topological polar surface area (TPSA) is 17.1 Å². The minimum atomic E-state index is -0.503. The molecule has 2 aromatic carbocycles. The van der Waals surface area contributed by atoms with E-state index in [4.69, 9.17) is 0 Å². The van der Waals surface area contributed by atoms with Gasteiger partial charge in [0.25, 0.3) is 0 Å². The van der Waals surface area contributed by atoms with Crippen LogP contribution in [0.15, 0.2) is 51.8 Å². The second-order valence-corrected chi connectivity index (χ2v) is 5.48. The fourth-order valence-corrected chi connectivity index (χ4v) is 2.34. The van der Waals surface area contributed by atoms with E-state index in [-0.39, 0.29) is 11.3 Å². The van der Waals surface area contributed by atoms with E-state index in [1.165, 1.54) is 12.1 Å². The Morgan fingerprint density at radius 2 is 1.83 bits per heavy atom. The van der Waals surface area contributed by atoms with Gasteiger partial charge in [-0.2, -0.15) is 0 Å². The molecule has 0 heterocycles. The van der Waals surface area contributed by atoms with Crippen LogP contribution in [0.25, 0.3) is 0 Å². The third kappa shape index (κ3) is 2.82. The first-order chi connectivity index (χ1) is 8.61. The van der Waals surface area contributed by atoms with Gasteiger partial charge in [-0.15, -0.1) is 11.8 Å². The average Bonchev–Trinajstić information content (AvgIpc) is 2.41. The van der Waals surface area contributed by atoms with Crippen LogP contribution in [0, 0.1) is 5.82 Å². The van der Waals surface area contributed by atoms with Crippen molar-refractivity contribution in [2.24, 2.45) is 0 Å². The van der Waals surface area contributed by atoms with E-state index in [9.17, 15) is 9.18 Å². The van der Waals surface area contributed by atoms with Crippen molar-refractivity contribution in [3.63, 3.8) is 0 Å². The van der Waals surface area contributed by atoms with E-state index in [0.29, 0.717) is 10.0 Å². The Morgan fingerprint density at radius 1 is 1.17 bits per heavy atom. The summed E-state index contributed by atoms with van der Waals surface area (Å²) in [5.41, 5.74) is 0.575. The monoisotopic (exact) mass is 324 g/mol. The van der Waals surface area contributed by atoms with Crippen LogP contribution < -0.4 is 0 Å². The smallest absolute Gasteiger partial charge is 0.196 e. The van der Waals surface area contributed by atoms with Gasteiger partial charge >= 0.3 is 0 Å². The van der Waals surface area contributed by atoms with E-state index < -0.39 is 5.82 Å². The zero-order valence-corrected chi connectivity index (χ0v) is 12.0. The lowest BCUT2D eigenvalue weighted by Gasteiger charge is -2.04. The van der Waals surface area contributed by atoms with Crippen LogP contribution in [0.5, 0.6) is 0 Å². The van der Waals surface area contributed by atoms with Gasteiger partial charge in [-0.1, -0.05) is 15.9 Å². The maximum absolute atomic E-state index is 13.6. The molecule has 0 bridgehead atoms. The quantitative estimate of drug-likeness (QED) is 0.609. The molecule has 0 aliphatic heterocycles. The van der Waals surface area contributed by atoms with E-state index in [1.807, 2.05) is 18.4 Å². The highest BCUT2D eigenvalue weighted by Crippen LogP contribution is 2.21.